The highest BCUT2D eigenvalue weighted by atomic mass is 15.1. The molecule has 0 aromatic carbocycles. The lowest BCUT2D eigenvalue weighted by Crippen LogP contribution is -2.21. The van der Waals surface area contributed by atoms with Gasteiger partial charge >= 0.3 is 0 Å². The molecule has 2 heteroatoms. The third-order valence-corrected chi connectivity index (χ3v) is 1.92. The molecule has 0 saturated heterocycles. The highest BCUT2D eigenvalue weighted by molar-refractivity contribution is 4.69. The van der Waals surface area contributed by atoms with Crippen LogP contribution in [-0.2, 0) is 0 Å². The predicted molar refractivity (Wildman–Crippen MR) is 51.8 cm³/mol. The SMILES string of the molecule is CC(C)CCN(C)CCCC#N. The molecule has 2 nitrogen and oxygen atoms in total. The third-order valence-electron chi connectivity index (χ3n) is 1.92. The Kier molecular flexibility index (Phi) is 6.79. The summed E-state index contributed by atoms with van der Waals surface area (Å²) in [7, 11) is 2.12. The zero-order valence-corrected chi connectivity index (χ0v) is 8.51. The second-order valence-electron chi connectivity index (χ2n) is 3.75. The molecule has 12 heavy (non-hydrogen) atoms. The Hall–Kier alpha value is -0.550. The van der Waals surface area contributed by atoms with Gasteiger partial charge < -0.3 is 4.90 Å². The average molecular weight is 168 g/mol. The van der Waals surface area contributed by atoms with Gasteiger partial charge in [0.15, 0.2) is 0 Å². The molecule has 0 aromatic rings. The van der Waals surface area contributed by atoms with E-state index in [0.717, 1.165) is 25.4 Å². The van der Waals surface area contributed by atoms with E-state index in [9.17, 15) is 0 Å². The van der Waals surface area contributed by atoms with E-state index < -0.39 is 0 Å². The first-order valence-electron chi connectivity index (χ1n) is 4.72. The smallest absolute Gasteiger partial charge is 0.0622 e. The van der Waals surface area contributed by atoms with E-state index in [2.05, 4.69) is 31.9 Å². The van der Waals surface area contributed by atoms with Crippen molar-refractivity contribution in [3.8, 4) is 6.07 Å². The van der Waals surface area contributed by atoms with Crippen LogP contribution in [0.4, 0.5) is 0 Å². The molecule has 0 saturated carbocycles. The second-order valence-corrected chi connectivity index (χ2v) is 3.75. The van der Waals surface area contributed by atoms with Gasteiger partial charge in [0.25, 0.3) is 0 Å². The molecule has 0 unspecified atom stereocenters. The molecule has 0 rings (SSSR count). The first-order chi connectivity index (χ1) is 5.66. The average Bonchev–Trinajstić information content (AvgIpc) is 2.01. The molecule has 0 heterocycles. The maximum atomic E-state index is 8.33. The maximum Gasteiger partial charge on any atom is 0.0622 e. The lowest BCUT2D eigenvalue weighted by molar-refractivity contribution is 0.308. The van der Waals surface area contributed by atoms with Crippen LogP contribution in [0.1, 0.15) is 33.1 Å². The van der Waals surface area contributed by atoms with Crippen molar-refractivity contribution in [2.45, 2.75) is 33.1 Å². The Labute approximate surface area is 76.2 Å². The quantitative estimate of drug-likeness (QED) is 0.569. The second kappa shape index (κ2) is 7.12. The number of nitriles is 1. The van der Waals surface area contributed by atoms with Gasteiger partial charge in [-0.2, -0.15) is 5.26 Å². The monoisotopic (exact) mass is 168 g/mol. The molecule has 0 bridgehead atoms. The summed E-state index contributed by atoms with van der Waals surface area (Å²) in [6.45, 7) is 6.69. The predicted octanol–water partition coefficient (Wildman–Crippen LogP) is 2.27. The van der Waals surface area contributed by atoms with Gasteiger partial charge in [0.2, 0.25) is 0 Å². The van der Waals surface area contributed by atoms with Crippen LogP contribution in [-0.4, -0.2) is 25.0 Å². The minimum Gasteiger partial charge on any atom is -0.306 e. The van der Waals surface area contributed by atoms with Gasteiger partial charge in [-0.1, -0.05) is 13.8 Å². The Bertz CT molecular complexity index is 135. The Morgan fingerprint density at radius 2 is 2.00 bits per heavy atom. The molecule has 0 fully saturated rings. The third kappa shape index (κ3) is 7.56. The van der Waals surface area contributed by atoms with Crippen LogP contribution in [0.3, 0.4) is 0 Å². The van der Waals surface area contributed by atoms with E-state index in [1.54, 1.807) is 0 Å². The summed E-state index contributed by atoms with van der Waals surface area (Å²) >= 11 is 0. The van der Waals surface area contributed by atoms with Gasteiger partial charge in [-0.05, 0) is 38.9 Å². The minimum atomic E-state index is 0.687. The minimum absolute atomic E-state index is 0.687. The Balaban J connectivity index is 3.22. The summed E-state index contributed by atoms with van der Waals surface area (Å²) in [5.74, 6) is 0.781. The molecule has 0 radical (unpaired) electrons. The molecule has 70 valence electrons. The number of hydrogen-bond acceptors (Lipinski definition) is 2. The highest BCUT2D eigenvalue weighted by Gasteiger charge is 1.99. The summed E-state index contributed by atoms with van der Waals surface area (Å²) in [5.41, 5.74) is 0. The molecular formula is C10H20N2. The van der Waals surface area contributed by atoms with Crippen molar-refractivity contribution in [2.24, 2.45) is 5.92 Å². The van der Waals surface area contributed by atoms with Crippen LogP contribution in [0.15, 0.2) is 0 Å². The summed E-state index contributed by atoms with van der Waals surface area (Å²) < 4.78 is 0. The van der Waals surface area contributed by atoms with Crippen LogP contribution in [0.2, 0.25) is 0 Å². The zero-order valence-electron chi connectivity index (χ0n) is 8.51. The van der Waals surface area contributed by atoms with E-state index in [0.29, 0.717) is 6.42 Å². The summed E-state index contributed by atoms with van der Waals surface area (Å²) in [5, 5.41) is 8.33. The van der Waals surface area contributed by atoms with E-state index >= 15 is 0 Å². The van der Waals surface area contributed by atoms with Gasteiger partial charge in [0.1, 0.15) is 0 Å². The first kappa shape index (κ1) is 11.4. The summed E-state index contributed by atoms with van der Waals surface area (Å²) in [6.07, 6.45) is 2.94. The molecule has 0 aliphatic carbocycles. The van der Waals surface area contributed by atoms with E-state index in [-0.39, 0.29) is 0 Å². The normalized spacial score (nSPS) is 10.7. The lowest BCUT2D eigenvalue weighted by Gasteiger charge is -2.16. The van der Waals surface area contributed by atoms with Gasteiger partial charge in [-0.3, -0.25) is 0 Å². The molecule has 0 aliphatic heterocycles. The number of rotatable bonds is 6. The van der Waals surface area contributed by atoms with Crippen molar-refractivity contribution >= 4 is 0 Å². The topological polar surface area (TPSA) is 27.0 Å². The number of unbranched alkanes of at least 4 members (excludes halogenated alkanes) is 1. The van der Waals surface area contributed by atoms with Crippen molar-refractivity contribution in [1.82, 2.24) is 4.90 Å². The Morgan fingerprint density at radius 1 is 1.33 bits per heavy atom. The van der Waals surface area contributed by atoms with Crippen molar-refractivity contribution in [1.29, 1.82) is 5.26 Å². The lowest BCUT2D eigenvalue weighted by atomic mass is 10.1. The van der Waals surface area contributed by atoms with E-state index in [1.165, 1.54) is 6.42 Å². The van der Waals surface area contributed by atoms with Crippen LogP contribution in [0.25, 0.3) is 0 Å². The molecule has 0 aliphatic rings. The van der Waals surface area contributed by atoms with Crippen molar-refractivity contribution in [2.75, 3.05) is 20.1 Å². The van der Waals surface area contributed by atoms with E-state index in [1.807, 2.05) is 0 Å². The zero-order chi connectivity index (χ0) is 9.40. The van der Waals surface area contributed by atoms with Crippen LogP contribution >= 0.6 is 0 Å². The fourth-order valence-electron chi connectivity index (χ4n) is 1.02. The maximum absolute atomic E-state index is 8.33. The number of nitrogens with zero attached hydrogens (tertiary/aromatic N) is 2. The number of hydrogen-bond donors (Lipinski definition) is 0. The van der Waals surface area contributed by atoms with Crippen molar-refractivity contribution < 1.29 is 0 Å². The molecule has 0 amide bonds. The van der Waals surface area contributed by atoms with Crippen molar-refractivity contribution in [3.63, 3.8) is 0 Å². The standard InChI is InChI=1S/C10H20N2/c1-10(2)6-9-12(3)8-5-4-7-11/h10H,4-6,8-9H2,1-3H3. The van der Waals surface area contributed by atoms with Crippen molar-refractivity contribution in [3.05, 3.63) is 0 Å². The van der Waals surface area contributed by atoms with Gasteiger partial charge in [-0.25, -0.2) is 0 Å². The van der Waals surface area contributed by atoms with Gasteiger partial charge in [-0.15, -0.1) is 0 Å². The largest absolute Gasteiger partial charge is 0.306 e. The molecule has 0 aromatic heterocycles. The van der Waals surface area contributed by atoms with Gasteiger partial charge in [0.05, 0.1) is 6.07 Å². The summed E-state index contributed by atoms with van der Waals surface area (Å²) in [4.78, 5) is 2.30. The fourth-order valence-corrected chi connectivity index (χ4v) is 1.02. The van der Waals surface area contributed by atoms with Crippen LogP contribution < -0.4 is 0 Å². The Morgan fingerprint density at radius 3 is 2.50 bits per heavy atom. The molecule has 0 spiro atoms. The van der Waals surface area contributed by atoms with Gasteiger partial charge in [0, 0.05) is 6.42 Å². The van der Waals surface area contributed by atoms with Crippen LogP contribution in [0.5, 0.6) is 0 Å². The van der Waals surface area contributed by atoms with Crippen LogP contribution in [0, 0.1) is 17.2 Å². The molecule has 0 atom stereocenters. The highest BCUT2D eigenvalue weighted by Crippen LogP contribution is 2.01. The first-order valence-corrected chi connectivity index (χ1v) is 4.72. The fraction of sp³-hybridized carbons (Fsp3) is 0.900. The summed E-state index contributed by atoms with van der Waals surface area (Å²) in [6, 6.07) is 2.16. The molecular weight excluding hydrogens is 148 g/mol. The van der Waals surface area contributed by atoms with E-state index in [4.69, 9.17) is 5.26 Å². The molecule has 0 N–H and O–H groups in total.